The second kappa shape index (κ2) is 11.7. The van der Waals surface area contributed by atoms with E-state index >= 15 is 0 Å². The quantitative estimate of drug-likeness (QED) is 0.465. The molecule has 3 aromatic carbocycles. The summed E-state index contributed by atoms with van der Waals surface area (Å²) in [6.07, 6.45) is 3.17. The molecular weight excluding hydrogens is 398 g/mol. The molecule has 30 heavy (non-hydrogen) atoms. The van der Waals surface area contributed by atoms with Gasteiger partial charge in [-0.1, -0.05) is 30.3 Å². The average molecular weight is 430 g/mol. The first kappa shape index (κ1) is 23.8. The number of hydrogen-bond acceptors (Lipinski definition) is 4. The zero-order valence-electron chi connectivity index (χ0n) is 18.2. The van der Waals surface area contributed by atoms with Gasteiger partial charge in [-0.3, -0.25) is 0 Å². The lowest BCUT2D eigenvalue weighted by Gasteiger charge is -2.14. The van der Waals surface area contributed by atoms with Gasteiger partial charge < -0.3 is 19.5 Å². The summed E-state index contributed by atoms with van der Waals surface area (Å²) < 4.78 is 16.0. The molecule has 1 N–H and O–H groups in total. The van der Waals surface area contributed by atoms with Gasteiger partial charge in [0.2, 0.25) is 0 Å². The highest BCUT2D eigenvalue weighted by molar-refractivity contribution is 5.86. The third kappa shape index (κ3) is 6.28. The van der Waals surface area contributed by atoms with Crippen LogP contribution in [0.4, 0.5) is 0 Å². The van der Waals surface area contributed by atoms with Crippen molar-refractivity contribution in [3.8, 4) is 17.2 Å². The standard InChI is InChI=1S/C25H31NO3.ClH/c1-18(5-6-19-8-11-23(27-2)12-9-19)26-14-13-20-7-10-21-16-24(28-3)25(29-4)17-22(21)15-20;/h7-12,15-18,26H,5-6,13-14H2,1-4H3;1H. The van der Waals surface area contributed by atoms with Gasteiger partial charge in [-0.05, 0) is 78.9 Å². The molecule has 3 aromatic rings. The fourth-order valence-electron chi connectivity index (χ4n) is 3.52. The summed E-state index contributed by atoms with van der Waals surface area (Å²) in [5.41, 5.74) is 2.66. The van der Waals surface area contributed by atoms with E-state index in [0.717, 1.165) is 48.4 Å². The summed E-state index contributed by atoms with van der Waals surface area (Å²) in [5.74, 6) is 2.44. The topological polar surface area (TPSA) is 39.7 Å². The van der Waals surface area contributed by atoms with E-state index in [0.29, 0.717) is 6.04 Å². The van der Waals surface area contributed by atoms with Crippen LogP contribution in [0, 0.1) is 0 Å². The predicted octanol–water partition coefficient (Wildman–Crippen LogP) is 5.44. The van der Waals surface area contributed by atoms with Gasteiger partial charge in [-0.2, -0.15) is 0 Å². The first-order valence-corrected chi connectivity index (χ1v) is 10.1. The molecule has 5 heteroatoms. The Morgan fingerprint density at radius 1 is 0.733 bits per heavy atom. The molecule has 0 fully saturated rings. The fourth-order valence-corrected chi connectivity index (χ4v) is 3.52. The maximum Gasteiger partial charge on any atom is 0.161 e. The van der Waals surface area contributed by atoms with E-state index in [9.17, 15) is 0 Å². The maximum atomic E-state index is 5.43. The minimum atomic E-state index is 0. The lowest BCUT2D eigenvalue weighted by Crippen LogP contribution is -2.28. The van der Waals surface area contributed by atoms with Crippen molar-refractivity contribution in [3.63, 3.8) is 0 Å². The van der Waals surface area contributed by atoms with Crippen molar-refractivity contribution >= 4 is 23.2 Å². The Morgan fingerprint density at radius 2 is 1.37 bits per heavy atom. The molecule has 0 aliphatic heterocycles. The maximum absolute atomic E-state index is 5.43. The summed E-state index contributed by atoms with van der Waals surface area (Å²) in [7, 11) is 5.04. The highest BCUT2D eigenvalue weighted by Gasteiger charge is 2.07. The Morgan fingerprint density at radius 3 is 2.00 bits per heavy atom. The molecule has 0 amide bonds. The third-order valence-corrected chi connectivity index (χ3v) is 5.34. The average Bonchev–Trinajstić information content (AvgIpc) is 2.77. The first-order valence-electron chi connectivity index (χ1n) is 10.1. The SMILES string of the molecule is COc1ccc(CCC(C)NCCc2ccc3cc(OC)c(OC)cc3c2)cc1.Cl. The monoisotopic (exact) mass is 429 g/mol. The van der Waals surface area contributed by atoms with Crippen molar-refractivity contribution in [1.82, 2.24) is 5.32 Å². The molecule has 0 aliphatic rings. The number of hydrogen-bond donors (Lipinski definition) is 1. The van der Waals surface area contributed by atoms with Gasteiger partial charge in [0.05, 0.1) is 21.3 Å². The Balaban J connectivity index is 0.00000320. The number of rotatable bonds is 10. The second-order valence-electron chi connectivity index (χ2n) is 7.38. The number of benzene rings is 3. The van der Waals surface area contributed by atoms with E-state index in [-0.39, 0.29) is 12.4 Å². The fraction of sp³-hybridized carbons (Fsp3) is 0.360. The summed E-state index contributed by atoms with van der Waals surface area (Å²) in [4.78, 5) is 0. The molecule has 0 saturated carbocycles. The van der Waals surface area contributed by atoms with Crippen LogP contribution in [0.5, 0.6) is 17.2 Å². The largest absolute Gasteiger partial charge is 0.497 e. The van der Waals surface area contributed by atoms with Crippen molar-refractivity contribution in [2.24, 2.45) is 0 Å². The molecule has 0 aliphatic carbocycles. The van der Waals surface area contributed by atoms with Crippen molar-refractivity contribution in [3.05, 3.63) is 65.7 Å². The molecule has 1 unspecified atom stereocenters. The van der Waals surface area contributed by atoms with E-state index in [1.54, 1.807) is 21.3 Å². The Bertz CT molecular complexity index is 928. The van der Waals surface area contributed by atoms with E-state index in [1.807, 2.05) is 24.3 Å². The first-order chi connectivity index (χ1) is 14.1. The normalized spacial score (nSPS) is 11.6. The number of aryl methyl sites for hydroxylation is 1. The molecule has 4 nitrogen and oxygen atoms in total. The van der Waals surface area contributed by atoms with E-state index in [4.69, 9.17) is 14.2 Å². The van der Waals surface area contributed by atoms with Crippen LogP contribution in [0.2, 0.25) is 0 Å². The van der Waals surface area contributed by atoms with Gasteiger partial charge in [0.25, 0.3) is 0 Å². The van der Waals surface area contributed by atoms with Gasteiger partial charge in [0.1, 0.15) is 5.75 Å². The van der Waals surface area contributed by atoms with E-state index in [2.05, 4.69) is 42.6 Å². The van der Waals surface area contributed by atoms with Crippen LogP contribution >= 0.6 is 12.4 Å². The van der Waals surface area contributed by atoms with Crippen LogP contribution < -0.4 is 19.5 Å². The Hall–Kier alpha value is -2.43. The highest BCUT2D eigenvalue weighted by atomic mass is 35.5. The van der Waals surface area contributed by atoms with Crippen molar-refractivity contribution in [1.29, 1.82) is 0 Å². The Kier molecular flexibility index (Phi) is 9.28. The van der Waals surface area contributed by atoms with E-state index in [1.165, 1.54) is 16.5 Å². The summed E-state index contributed by atoms with van der Waals surface area (Å²) >= 11 is 0. The highest BCUT2D eigenvalue weighted by Crippen LogP contribution is 2.32. The zero-order valence-corrected chi connectivity index (χ0v) is 19.1. The third-order valence-electron chi connectivity index (χ3n) is 5.34. The van der Waals surface area contributed by atoms with E-state index < -0.39 is 0 Å². The molecule has 0 heterocycles. The van der Waals surface area contributed by atoms with Gasteiger partial charge in [0.15, 0.2) is 11.5 Å². The molecular formula is C25H32ClNO3. The van der Waals surface area contributed by atoms with Crippen LogP contribution in [0.25, 0.3) is 10.8 Å². The van der Waals surface area contributed by atoms with Crippen molar-refractivity contribution in [2.75, 3.05) is 27.9 Å². The zero-order chi connectivity index (χ0) is 20.6. The smallest absolute Gasteiger partial charge is 0.161 e. The minimum absolute atomic E-state index is 0. The van der Waals surface area contributed by atoms with Gasteiger partial charge >= 0.3 is 0 Å². The molecule has 0 radical (unpaired) electrons. The molecule has 0 spiro atoms. The van der Waals surface area contributed by atoms with Crippen LogP contribution in [-0.2, 0) is 12.8 Å². The molecule has 1 atom stereocenters. The second-order valence-corrected chi connectivity index (χ2v) is 7.38. The number of fused-ring (bicyclic) bond motifs is 1. The number of ether oxygens (including phenoxy) is 3. The number of halogens is 1. The summed E-state index contributed by atoms with van der Waals surface area (Å²) in [5, 5.41) is 5.98. The Labute approximate surface area is 185 Å². The summed E-state index contributed by atoms with van der Waals surface area (Å²) in [6.45, 7) is 3.21. The number of methoxy groups -OCH3 is 3. The molecule has 0 aromatic heterocycles. The lowest BCUT2D eigenvalue weighted by molar-refractivity contribution is 0.356. The van der Waals surface area contributed by atoms with Crippen LogP contribution in [-0.4, -0.2) is 33.9 Å². The summed E-state index contributed by atoms with van der Waals surface area (Å²) in [6, 6.07) is 19.5. The van der Waals surface area contributed by atoms with Gasteiger partial charge in [-0.25, -0.2) is 0 Å². The molecule has 0 bridgehead atoms. The molecule has 162 valence electrons. The number of nitrogens with one attached hydrogen (secondary N) is 1. The van der Waals surface area contributed by atoms with Gasteiger partial charge in [-0.15, -0.1) is 12.4 Å². The van der Waals surface area contributed by atoms with Crippen molar-refractivity contribution in [2.45, 2.75) is 32.2 Å². The van der Waals surface area contributed by atoms with Crippen LogP contribution in [0.1, 0.15) is 24.5 Å². The predicted molar refractivity (Wildman–Crippen MR) is 127 cm³/mol. The van der Waals surface area contributed by atoms with Crippen LogP contribution in [0.3, 0.4) is 0 Å². The molecule has 3 rings (SSSR count). The minimum Gasteiger partial charge on any atom is -0.497 e. The lowest BCUT2D eigenvalue weighted by atomic mass is 10.0. The molecule has 0 saturated heterocycles. The van der Waals surface area contributed by atoms with Crippen LogP contribution in [0.15, 0.2) is 54.6 Å². The van der Waals surface area contributed by atoms with Crippen molar-refractivity contribution < 1.29 is 14.2 Å². The van der Waals surface area contributed by atoms with Gasteiger partial charge in [0, 0.05) is 6.04 Å².